The minimum absolute atomic E-state index is 0.853. The molecule has 0 aliphatic heterocycles. The van der Waals surface area contributed by atoms with Crippen LogP contribution in [0.3, 0.4) is 0 Å². The van der Waals surface area contributed by atoms with Crippen molar-refractivity contribution in [2.24, 2.45) is 0 Å². The minimum atomic E-state index is 0.853. The van der Waals surface area contributed by atoms with E-state index < -0.39 is 0 Å². The highest BCUT2D eigenvalue weighted by molar-refractivity contribution is 6.15. The molecule has 0 atom stereocenters. The molecule has 2 heterocycles. The van der Waals surface area contributed by atoms with Crippen LogP contribution in [-0.2, 0) is 0 Å². The van der Waals surface area contributed by atoms with Gasteiger partial charge in [0.15, 0.2) is 5.58 Å². The van der Waals surface area contributed by atoms with Crippen LogP contribution in [0.15, 0.2) is 197 Å². The topological polar surface area (TPSA) is 29.5 Å². The van der Waals surface area contributed by atoms with E-state index >= 15 is 0 Å². The number of benzene rings is 9. The molecule has 0 fully saturated rings. The molecular formula is C50H31NO2. The smallest absolute Gasteiger partial charge is 0.159 e. The zero-order chi connectivity index (χ0) is 34.9. The van der Waals surface area contributed by atoms with Crippen LogP contribution in [0.25, 0.3) is 87.7 Å². The molecule has 0 aliphatic rings. The maximum Gasteiger partial charge on any atom is 0.159 e. The molecule has 9 aromatic carbocycles. The highest BCUT2D eigenvalue weighted by atomic mass is 16.3. The summed E-state index contributed by atoms with van der Waals surface area (Å²) in [6, 6.07) is 66.8. The fourth-order valence-corrected chi connectivity index (χ4v) is 8.23. The van der Waals surface area contributed by atoms with E-state index in [1.165, 1.54) is 21.5 Å². The Kier molecular flexibility index (Phi) is 6.55. The van der Waals surface area contributed by atoms with Crippen LogP contribution in [0, 0.1) is 0 Å². The third-order valence-electron chi connectivity index (χ3n) is 10.7. The van der Waals surface area contributed by atoms with Crippen LogP contribution in [-0.4, -0.2) is 0 Å². The van der Waals surface area contributed by atoms with Gasteiger partial charge in [-0.3, -0.25) is 0 Å². The summed E-state index contributed by atoms with van der Waals surface area (Å²) in [5.74, 6) is 0. The molecule has 3 nitrogen and oxygen atoms in total. The van der Waals surface area contributed by atoms with Gasteiger partial charge in [-0.05, 0) is 92.3 Å². The highest BCUT2D eigenvalue weighted by Gasteiger charge is 2.22. The van der Waals surface area contributed by atoms with Gasteiger partial charge in [0.2, 0.25) is 0 Å². The lowest BCUT2D eigenvalue weighted by Gasteiger charge is -2.27. The number of hydrogen-bond donors (Lipinski definition) is 0. The fraction of sp³-hybridized carbons (Fsp3) is 0. The maximum absolute atomic E-state index is 6.70. The van der Waals surface area contributed by atoms with Gasteiger partial charge in [-0.2, -0.15) is 0 Å². The van der Waals surface area contributed by atoms with Gasteiger partial charge in [0.1, 0.15) is 16.7 Å². The lowest BCUT2D eigenvalue weighted by atomic mass is 9.91. The van der Waals surface area contributed by atoms with Crippen molar-refractivity contribution in [1.82, 2.24) is 0 Å². The first-order valence-corrected chi connectivity index (χ1v) is 18.0. The van der Waals surface area contributed by atoms with Gasteiger partial charge in [0.25, 0.3) is 0 Å². The molecule has 0 saturated heterocycles. The second-order valence-electron chi connectivity index (χ2n) is 13.7. The molecule has 0 N–H and O–H groups in total. The van der Waals surface area contributed by atoms with E-state index in [2.05, 4.69) is 169 Å². The van der Waals surface area contributed by atoms with Gasteiger partial charge in [-0.1, -0.05) is 140 Å². The first-order valence-electron chi connectivity index (χ1n) is 18.0. The molecule has 53 heavy (non-hydrogen) atoms. The number of fused-ring (bicyclic) bond motifs is 9. The van der Waals surface area contributed by atoms with E-state index in [4.69, 9.17) is 8.83 Å². The lowest BCUT2D eigenvalue weighted by Crippen LogP contribution is -2.10. The summed E-state index contributed by atoms with van der Waals surface area (Å²) >= 11 is 0. The Balaban J connectivity index is 1.21. The van der Waals surface area contributed by atoms with Gasteiger partial charge >= 0.3 is 0 Å². The summed E-state index contributed by atoms with van der Waals surface area (Å²) in [6.07, 6.45) is 0. The molecule has 3 heteroatoms. The number of nitrogens with zero attached hydrogens (tertiary/aromatic N) is 1. The Labute approximate surface area is 305 Å². The Morgan fingerprint density at radius 1 is 0.340 bits per heavy atom. The van der Waals surface area contributed by atoms with Crippen molar-refractivity contribution in [1.29, 1.82) is 0 Å². The van der Waals surface area contributed by atoms with E-state index in [-0.39, 0.29) is 0 Å². The maximum atomic E-state index is 6.70. The number of anilines is 3. The van der Waals surface area contributed by atoms with Crippen LogP contribution in [0.1, 0.15) is 0 Å². The van der Waals surface area contributed by atoms with Gasteiger partial charge in [0.05, 0.1) is 5.69 Å². The molecule has 0 amide bonds. The van der Waals surface area contributed by atoms with E-state index in [1.54, 1.807) is 0 Å². The first kappa shape index (κ1) is 29.6. The van der Waals surface area contributed by atoms with Crippen molar-refractivity contribution in [2.45, 2.75) is 0 Å². The molecule has 2 aromatic heterocycles. The summed E-state index contributed by atoms with van der Waals surface area (Å²) in [6.45, 7) is 0. The fourth-order valence-electron chi connectivity index (χ4n) is 8.23. The van der Waals surface area contributed by atoms with Crippen LogP contribution in [0.5, 0.6) is 0 Å². The van der Waals surface area contributed by atoms with Crippen molar-refractivity contribution in [3.05, 3.63) is 188 Å². The molecule has 0 spiro atoms. The van der Waals surface area contributed by atoms with Crippen LogP contribution < -0.4 is 4.90 Å². The standard InChI is InChI=1S/C50H31NO2/c1-2-12-32(13-3-1)44-31-36(28-29-38(44)40-18-11-23-48-49(40)42-17-7-9-22-47(42)52-48)51(45-20-10-19-41-39-16-6-8-21-46(39)53-50(41)45)35-27-26-34-25-24-33-14-4-5-15-37(33)43(34)30-35/h1-31H. The third-order valence-corrected chi connectivity index (χ3v) is 10.7. The molecule has 0 aliphatic carbocycles. The molecule has 0 saturated carbocycles. The average Bonchev–Trinajstić information content (AvgIpc) is 3.80. The van der Waals surface area contributed by atoms with E-state index in [9.17, 15) is 0 Å². The highest BCUT2D eigenvalue weighted by Crippen LogP contribution is 2.47. The molecule has 0 bridgehead atoms. The van der Waals surface area contributed by atoms with Gasteiger partial charge < -0.3 is 13.7 Å². The molecule has 0 radical (unpaired) electrons. The minimum Gasteiger partial charge on any atom is -0.456 e. The largest absolute Gasteiger partial charge is 0.456 e. The first-order chi connectivity index (χ1) is 26.3. The molecule has 0 unspecified atom stereocenters. The van der Waals surface area contributed by atoms with Crippen LogP contribution in [0.4, 0.5) is 17.1 Å². The molecular weight excluding hydrogens is 647 g/mol. The second-order valence-corrected chi connectivity index (χ2v) is 13.7. The summed E-state index contributed by atoms with van der Waals surface area (Å²) < 4.78 is 13.1. The Morgan fingerprint density at radius 3 is 1.83 bits per heavy atom. The number of hydrogen-bond acceptors (Lipinski definition) is 3. The molecule has 11 aromatic rings. The quantitative estimate of drug-likeness (QED) is 0.170. The molecule has 248 valence electrons. The lowest BCUT2D eigenvalue weighted by molar-refractivity contribution is 0.668. The third kappa shape index (κ3) is 4.68. The van der Waals surface area contributed by atoms with E-state index in [1.807, 2.05) is 24.3 Å². The van der Waals surface area contributed by atoms with Gasteiger partial charge in [-0.25, -0.2) is 0 Å². The summed E-state index contributed by atoms with van der Waals surface area (Å²) in [4.78, 5) is 2.36. The van der Waals surface area contributed by atoms with Crippen molar-refractivity contribution >= 4 is 82.5 Å². The molecule has 11 rings (SSSR count). The van der Waals surface area contributed by atoms with Crippen LogP contribution in [0.2, 0.25) is 0 Å². The number of rotatable bonds is 5. The summed E-state index contributed by atoms with van der Waals surface area (Å²) in [7, 11) is 0. The summed E-state index contributed by atoms with van der Waals surface area (Å²) in [5.41, 5.74) is 11.1. The number of furan rings is 2. The van der Waals surface area contributed by atoms with Gasteiger partial charge in [-0.15, -0.1) is 0 Å². The van der Waals surface area contributed by atoms with Crippen molar-refractivity contribution in [2.75, 3.05) is 4.90 Å². The average molecular weight is 678 g/mol. The Morgan fingerprint density at radius 2 is 0.962 bits per heavy atom. The normalized spacial score (nSPS) is 11.8. The Hall–Kier alpha value is -7.10. The predicted molar refractivity (Wildman–Crippen MR) is 222 cm³/mol. The van der Waals surface area contributed by atoms with E-state index in [0.29, 0.717) is 0 Å². The summed E-state index contributed by atoms with van der Waals surface area (Å²) in [5, 5.41) is 9.30. The zero-order valence-electron chi connectivity index (χ0n) is 28.7. The van der Waals surface area contributed by atoms with Crippen molar-refractivity contribution in [3.63, 3.8) is 0 Å². The van der Waals surface area contributed by atoms with E-state index in [0.717, 1.165) is 83.2 Å². The predicted octanol–water partition coefficient (Wildman–Crippen LogP) is 14.6. The zero-order valence-corrected chi connectivity index (χ0v) is 28.7. The monoisotopic (exact) mass is 677 g/mol. The van der Waals surface area contributed by atoms with Crippen LogP contribution >= 0.6 is 0 Å². The van der Waals surface area contributed by atoms with Crippen molar-refractivity contribution in [3.8, 4) is 22.3 Å². The number of para-hydroxylation sites is 3. The second kappa shape index (κ2) is 11.7. The Bertz CT molecular complexity index is 3190. The van der Waals surface area contributed by atoms with Gasteiger partial charge in [0, 0.05) is 32.9 Å². The SMILES string of the molecule is c1ccc(-c2cc(N(c3ccc4ccc5ccccc5c4c3)c3cccc4c3oc3ccccc34)ccc2-c2cccc3oc4ccccc4c23)cc1. The van der Waals surface area contributed by atoms with Crippen molar-refractivity contribution < 1.29 is 8.83 Å².